The second-order valence-electron chi connectivity index (χ2n) is 2.34. The molecule has 58 valence electrons. The predicted octanol–water partition coefficient (Wildman–Crippen LogP) is 0.152. The van der Waals surface area contributed by atoms with Crippen molar-refractivity contribution in [3.05, 3.63) is 18.2 Å². The van der Waals surface area contributed by atoms with Crippen LogP contribution in [-0.4, -0.2) is 20.8 Å². The van der Waals surface area contributed by atoms with Gasteiger partial charge in [-0.2, -0.15) is 0 Å². The zero-order chi connectivity index (χ0) is 8.27. The molecule has 1 heterocycles. The van der Waals surface area contributed by atoms with E-state index in [9.17, 15) is 0 Å². The normalized spacial score (nSPS) is 11.9. The predicted molar refractivity (Wildman–Crippen MR) is 41.8 cm³/mol. The lowest BCUT2D eigenvalue weighted by Crippen LogP contribution is -1.94. The molecule has 1 rings (SSSR count). The van der Waals surface area contributed by atoms with Crippen LogP contribution >= 0.6 is 0 Å². The lowest BCUT2D eigenvalue weighted by Gasteiger charge is -1.90. The van der Waals surface area contributed by atoms with Gasteiger partial charge in [-0.1, -0.05) is 5.92 Å². The maximum Gasteiger partial charge on any atom is 0.112 e. The molecule has 0 unspecified atom stereocenters. The fraction of sp³-hybridized carbons (Fsp3) is 0.375. The zero-order valence-electron chi connectivity index (χ0n) is 6.57. The Bertz CT molecular complexity index is 291. The SMILES string of the molecule is C[C@H](O)C#Cc1cncn1C. The number of rotatable bonds is 0. The molecule has 3 nitrogen and oxygen atoms in total. The number of hydrogen-bond donors (Lipinski definition) is 1. The minimum absolute atomic E-state index is 0.579. The lowest BCUT2D eigenvalue weighted by atomic mass is 10.4. The average Bonchev–Trinajstić information content (AvgIpc) is 2.31. The summed E-state index contributed by atoms with van der Waals surface area (Å²) in [6.45, 7) is 1.63. The van der Waals surface area contributed by atoms with E-state index in [4.69, 9.17) is 5.11 Å². The molecule has 0 spiro atoms. The maximum atomic E-state index is 8.84. The summed E-state index contributed by atoms with van der Waals surface area (Å²) in [4.78, 5) is 3.88. The molecule has 0 aliphatic heterocycles. The van der Waals surface area contributed by atoms with E-state index in [2.05, 4.69) is 16.8 Å². The van der Waals surface area contributed by atoms with Crippen molar-refractivity contribution in [1.29, 1.82) is 0 Å². The Labute approximate surface area is 65.7 Å². The first-order chi connectivity index (χ1) is 5.20. The highest BCUT2D eigenvalue weighted by Gasteiger charge is 1.91. The fourth-order valence-electron chi connectivity index (χ4n) is 0.656. The van der Waals surface area contributed by atoms with E-state index in [-0.39, 0.29) is 0 Å². The summed E-state index contributed by atoms with van der Waals surface area (Å²) in [5, 5.41) is 8.84. The van der Waals surface area contributed by atoms with Gasteiger partial charge in [-0.15, -0.1) is 0 Å². The molecule has 0 aliphatic carbocycles. The van der Waals surface area contributed by atoms with Crippen molar-refractivity contribution in [3.8, 4) is 11.8 Å². The monoisotopic (exact) mass is 150 g/mol. The van der Waals surface area contributed by atoms with Crippen LogP contribution in [0.5, 0.6) is 0 Å². The van der Waals surface area contributed by atoms with E-state index in [1.807, 2.05) is 7.05 Å². The van der Waals surface area contributed by atoms with Crippen LogP contribution in [0.15, 0.2) is 12.5 Å². The van der Waals surface area contributed by atoms with Crippen LogP contribution in [0, 0.1) is 11.8 Å². The smallest absolute Gasteiger partial charge is 0.112 e. The molecule has 1 aromatic heterocycles. The summed E-state index contributed by atoms with van der Waals surface area (Å²) < 4.78 is 1.80. The van der Waals surface area contributed by atoms with Gasteiger partial charge < -0.3 is 9.67 Å². The standard InChI is InChI=1S/C8H10N2O/c1-7(11)3-4-8-5-9-6-10(8)2/h5-7,11H,1-2H3/t7-/m0/s1. The van der Waals surface area contributed by atoms with Gasteiger partial charge in [0, 0.05) is 7.05 Å². The quantitative estimate of drug-likeness (QED) is 0.535. The van der Waals surface area contributed by atoms with Gasteiger partial charge in [0.2, 0.25) is 0 Å². The molecule has 1 atom stereocenters. The number of hydrogen-bond acceptors (Lipinski definition) is 2. The van der Waals surface area contributed by atoms with Crippen molar-refractivity contribution >= 4 is 0 Å². The number of aliphatic hydroxyl groups excluding tert-OH is 1. The number of imidazole rings is 1. The molecule has 0 radical (unpaired) electrons. The molecule has 1 aromatic rings. The average molecular weight is 150 g/mol. The molecule has 0 saturated carbocycles. The number of nitrogens with zero attached hydrogens (tertiary/aromatic N) is 2. The molecule has 0 aliphatic rings. The summed E-state index contributed by atoms with van der Waals surface area (Å²) in [7, 11) is 1.86. The third-order valence-electron chi connectivity index (χ3n) is 1.23. The number of aromatic nitrogens is 2. The fourth-order valence-corrected chi connectivity index (χ4v) is 0.656. The van der Waals surface area contributed by atoms with Gasteiger partial charge in [-0.05, 0) is 12.8 Å². The first-order valence-corrected chi connectivity index (χ1v) is 3.36. The van der Waals surface area contributed by atoms with Crippen molar-refractivity contribution < 1.29 is 5.11 Å². The Morgan fingerprint density at radius 2 is 2.45 bits per heavy atom. The van der Waals surface area contributed by atoms with Crippen molar-refractivity contribution in [2.24, 2.45) is 7.05 Å². The van der Waals surface area contributed by atoms with Crippen LogP contribution in [0.1, 0.15) is 12.6 Å². The van der Waals surface area contributed by atoms with E-state index in [1.54, 1.807) is 24.0 Å². The zero-order valence-corrected chi connectivity index (χ0v) is 6.57. The van der Waals surface area contributed by atoms with Crippen molar-refractivity contribution in [2.75, 3.05) is 0 Å². The van der Waals surface area contributed by atoms with Crippen molar-refractivity contribution in [3.63, 3.8) is 0 Å². The van der Waals surface area contributed by atoms with Crippen molar-refractivity contribution in [1.82, 2.24) is 9.55 Å². The molecule has 0 aromatic carbocycles. The Balaban J connectivity index is 2.81. The van der Waals surface area contributed by atoms with Crippen LogP contribution in [0.2, 0.25) is 0 Å². The van der Waals surface area contributed by atoms with Crippen LogP contribution in [0.3, 0.4) is 0 Å². The summed E-state index contributed by atoms with van der Waals surface area (Å²) in [6.07, 6.45) is 2.76. The Kier molecular flexibility index (Phi) is 2.29. The summed E-state index contributed by atoms with van der Waals surface area (Å²) in [5.41, 5.74) is 0.811. The molecule has 0 saturated heterocycles. The molecule has 3 heteroatoms. The third-order valence-corrected chi connectivity index (χ3v) is 1.23. The highest BCUT2D eigenvalue weighted by molar-refractivity contribution is 5.26. The highest BCUT2D eigenvalue weighted by Crippen LogP contribution is 1.92. The first-order valence-electron chi connectivity index (χ1n) is 3.36. The van der Waals surface area contributed by atoms with E-state index < -0.39 is 6.10 Å². The van der Waals surface area contributed by atoms with Crippen LogP contribution in [-0.2, 0) is 7.05 Å². The molecule has 11 heavy (non-hydrogen) atoms. The Hall–Kier alpha value is -1.27. The van der Waals surface area contributed by atoms with Gasteiger partial charge in [-0.3, -0.25) is 0 Å². The molecule has 0 fully saturated rings. The van der Waals surface area contributed by atoms with Crippen LogP contribution in [0.25, 0.3) is 0 Å². The topological polar surface area (TPSA) is 38.1 Å². The minimum atomic E-state index is -0.579. The highest BCUT2D eigenvalue weighted by atomic mass is 16.3. The van der Waals surface area contributed by atoms with Crippen LogP contribution < -0.4 is 0 Å². The second kappa shape index (κ2) is 3.22. The van der Waals surface area contributed by atoms with Gasteiger partial charge in [0.25, 0.3) is 0 Å². The largest absolute Gasteiger partial charge is 0.381 e. The van der Waals surface area contributed by atoms with E-state index in [0.29, 0.717) is 0 Å². The third kappa shape index (κ3) is 2.10. The van der Waals surface area contributed by atoms with Gasteiger partial charge in [0.15, 0.2) is 0 Å². The molecule has 0 amide bonds. The van der Waals surface area contributed by atoms with Gasteiger partial charge in [-0.25, -0.2) is 4.98 Å². The van der Waals surface area contributed by atoms with Crippen molar-refractivity contribution in [2.45, 2.75) is 13.0 Å². The minimum Gasteiger partial charge on any atom is -0.381 e. The molecular formula is C8H10N2O. The van der Waals surface area contributed by atoms with Crippen LogP contribution in [0.4, 0.5) is 0 Å². The summed E-state index contributed by atoms with van der Waals surface area (Å²) in [5.74, 6) is 5.43. The van der Waals surface area contributed by atoms with Gasteiger partial charge in [0.05, 0.1) is 12.5 Å². The number of aliphatic hydroxyl groups is 1. The van der Waals surface area contributed by atoms with Gasteiger partial charge in [0.1, 0.15) is 11.8 Å². The van der Waals surface area contributed by atoms with Gasteiger partial charge >= 0.3 is 0 Å². The molecular weight excluding hydrogens is 140 g/mol. The first kappa shape index (κ1) is 7.83. The Morgan fingerprint density at radius 3 is 2.91 bits per heavy atom. The van der Waals surface area contributed by atoms with E-state index >= 15 is 0 Å². The summed E-state index contributed by atoms with van der Waals surface area (Å²) in [6, 6.07) is 0. The maximum absolute atomic E-state index is 8.84. The number of aryl methyl sites for hydroxylation is 1. The van der Waals surface area contributed by atoms with E-state index in [1.165, 1.54) is 0 Å². The molecule has 0 bridgehead atoms. The van der Waals surface area contributed by atoms with E-state index in [0.717, 1.165) is 5.69 Å². The Morgan fingerprint density at radius 1 is 1.73 bits per heavy atom. The second-order valence-corrected chi connectivity index (χ2v) is 2.34. The summed E-state index contributed by atoms with van der Waals surface area (Å²) >= 11 is 0. The molecule has 1 N–H and O–H groups in total. The lowest BCUT2D eigenvalue weighted by molar-refractivity contribution is 0.253.